The average molecular weight is 673 g/mol. The molecule has 0 saturated carbocycles. The van der Waals surface area contributed by atoms with Crippen LogP contribution in [0.1, 0.15) is 35.3 Å². The van der Waals surface area contributed by atoms with E-state index in [4.69, 9.17) is 9.97 Å². The van der Waals surface area contributed by atoms with Crippen molar-refractivity contribution in [2.75, 3.05) is 36.4 Å². The third-order valence-electron chi connectivity index (χ3n) is 8.57. The van der Waals surface area contributed by atoms with E-state index in [9.17, 15) is 14.4 Å². The Balaban J connectivity index is 0.00000386. The average Bonchev–Trinajstić information content (AvgIpc) is 3.64. The van der Waals surface area contributed by atoms with E-state index in [0.717, 1.165) is 78.7 Å². The molecule has 0 atom stereocenters. The lowest BCUT2D eigenvalue weighted by Crippen LogP contribution is -2.54. The first-order valence-electron chi connectivity index (χ1n) is 15.5. The summed E-state index contributed by atoms with van der Waals surface area (Å²) in [5.74, 6) is 1.48. The van der Waals surface area contributed by atoms with Crippen molar-refractivity contribution in [3.8, 4) is 28.5 Å². The van der Waals surface area contributed by atoms with Gasteiger partial charge in [0.25, 0.3) is 0 Å². The van der Waals surface area contributed by atoms with Crippen LogP contribution >= 0.6 is 23.7 Å². The number of aromatic nitrogens is 5. The van der Waals surface area contributed by atoms with Crippen LogP contribution in [0, 0.1) is 23.1 Å². The molecule has 1 aromatic carbocycles. The van der Waals surface area contributed by atoms with E-state index in [0.29, 0.717) is 28.6 Å². The van der Waals surface area contributed by atoms with Crippen molar-refractivity contribution in [2.45, 2.75) is 38.8 Å². The minimum absolute atomic E-state index is 0. The van der Waals surface area contributed by atoms with Gasteiger partial charge in [-0.15, -0.1) is 23.7 Å². The van der Waals surface area contributed by atoms with Crippen molar-refractivity contribution < 1.29 is 9.18 Å². The molecule has 6 heterocycles. The maximum atomic E-state index is 13.4. The number of benzene rings is 1. The number of amides is 1. The highest BCUT2D eigenvalue weighted by atomic mass is 35.5. The van der Waals surface area contributed by atoms with E-state index in [1.54, 1.807) is 12.1 Å². The molecule has 1 amide bonds. The number of anilines is 2. The second-order valence-corrected chi connectivity index (χ2v) is 12.6. The standard InChI is InChI=1S/C33H33FN10OS.ClH/c1-2-26-31(37-18-29-42-30(27(13-35)46-29)20-3-6-24(34)7-4-20)44-19-21(5-8-28(44)41-26)22-16-38-33(39-17-22)43-11-9-25(10-12-43)40-32(45)23-14-36-15-23;/h3-8,16-17,19,23,25,36-37H,2,9-12,14-15,18H2,1H3,(H,40,45);1H. The zero-order valence-corrected chi connectivity index (χ0v) is 27.4. The topological polar surface area (TPSA) is 136 Å². The number of carbonyl (C=O) groups is 1. The van der Waals surface area contributed by atoms with Gasteiger partial charge in [-0.3, -0.25) is 9.20 Å². The Labute approximate surface area is 281 Å². The van der Waals surface area contributed by atoms with Crippen LogP contribution in [0.4, 0.5) is 16.2 Å². The lowest BCUT2D eigenvalue weighted by atomic mass is 10.00. The first-order chi connectivity index (χ1) is 22.5. The van der Waals surface area contributed by atoms with Crippen molar-refractivity contribution in [2.24, 2.45) is 5.92 Å². The number of piperidine rings is 1. The summed E-state index contributed by atoms with van der Waals surface area (Å²) in [5.41, 5.74) is 4.84. The number of pyridine rings is 1. The van der Waals surface area contributed by atoms with E-state index in [2.05, 4.69) is 43.8 Å². The molecule has 2 saturated heterocycles. The molecule has 2 fully saturated rings. The largest absolute Gasteiger partial charge is 0.363 e. The first kappa shape index (κ1) is 32.3. The van der Waals surface area contributed by atoms with E-state index in [-0.39, 0.29) is 36.1 Å². The number of nitriles is 1. The monoisotopic (exact) mass is 672 g/mol. The van der Waals surface area contributed by atoms with E-state index in [1.165, 1.54) is 23.5 Å². The molecule has 0 bridgehead atoms. The molecule has 7 rings (SSSR count). The molecule has 11 nitrogen and oxygen atoms in total. The Morgan fingerprint density at radius 2 is 1.79 bits per heavy atom. The van der Waals surface area contributed by atoms with Gasteiger partial charge >= 0.3 is 0 Å². The van der Waals surface area contributed by atoms with Crippen molar-refractivity contribution in [3.63, 3.8) is 0 Å². The fraction of sp³-hybridized carbons (Fsp3) is 0.333. The summed E-state index contributed by atoms with van der Waals surface area (Å²) >= 11 is 1.32. The van der Waals surface area contributed by atoms with Gasteiger partial charge in [-0.25, -0.2) is 24.3 Å². The smallest absolute Gasteiger partial charge is 0.225 e. The molecule has 242 valence electrons. The second kappa shape index (κ2) is 14.0. The zero-order valence-electron chi connectivity index (χ0n) is 25.7. The Bertz CT molecular complexity index is 1910. The summed E-state index contributed by atoms with van der Waals surface area (Å²) in [6.45, 7) is 5.60. The summed E-state index contributed by atoms with van der Waals surface area (Å²) in [6.07, 6.45) is 8.20. The van der Waals surface area contributed by atoms with Crippen LogP contribution in [0.5, 0.6) is 0 Å². The number of thiazole rings is 1. The van der Waals surface area contributed by atoms with Gasteiger partial charge in [-0.05, 0) is 55.7 Å². The van der Waals surface area contributed by atoms with E-state index in [1.807, 2.05) is 35.1 Å². The molecule has 3 N–H and O–H groups in total. The van der Waals surface area contributed by atoms with Gasteiger partial charge < -0.3 is 20.9 Å². The molecule has 0 radical (unpaired) electrons. The molecule has 2 aliphatic rings. The number of hydrogen-bond donors (Lipinski definition) is 3. The minimum atomic E-state index is -0.332. The van der Waals surface area contributed by atoms with Gasteiger partial charge in [0.15, 0.2) is 0 Å². The summed E-state index contributed by atoms with van der Waals surface area (Å²) in [4.78, 5) is 33.9. The predicted molar refractivity (Wildman–Crippen MR) is 182 cm³/mol. The third kappa shape index (κ3) is 6.76. The highest BCUT2D eigenvalue weighted by Crippen LogP contribution is 2.30. The van der Waals surface area contributed by atoms with Gasteiger partial charge in [-0.1, -0.05) is 6.92 Å². The molecule has 0 unspecified atom stereocenters. The Kier molecular flexibility index (Phi) is 9.63. The van der Waals surface area contributed by atoms with Gasteiger partial charge in [0.1, 0.15) is 33.2 Å². The molecular formula is C33H34ClFN10OS. The van der Waals surface area contributed by atoms with Crippen molar-refractivity contribution >= 4 is 47.1 Å². The van der Waals surface area contributed by atoms with Crippen molar-refractivity contribution in [1.29, 1.82) is 5.26 Å². The molecule has 5 aromatic rings. The van der Waals surface area contributed by atoms with Gasteiger partial charge in [-0.2, -0.15) is 5.26 Å². The normalized spacial score (nSPS) is 15.1. The van der Waals surface area contributed by atoms with Crippen molar-refractivity contribution in [3.05, 3.63) is 76.4 Å². The lowest BCUT2D eigenvalue weighted by molar-refractivity contribution is -0.127. The molecule has 0 aliphatic carbocycles. The fourth-order valence-corrected chi connectivity index (χ4v) is 6.65. The Hall–Kier alpha value is -4.64. The quantitative estimate of drug-likeness (QED) is 0.201. The first-order valence-corrected chi connectivity index (χ1v) is 16.3. The number of hydrogen-bond acceptors (Lipinski definition) is 10. The van der Waals surface area contributed by atoms with Crippen LogP contribution in [-0.4, -0.2) is 62.5 Å². The van der Waals surface area contributed by atoms with Crippen molar-refractivity contribution in [1.82, 2.24) is 35.0 Å². The van der Waals surface area contributed by atoms with E-state index >= 15 is 0 Å². The van der Waals surface area contributed by atoms with Gasteiger partial charge in [0, 0.05) is 67.5 Å². The van der Waals surface area contributed by atoms with Crippen LogP contribution < -0.4 is 20.9 Å². The van der Waals surface area contributed by atoms with E-state index < -0.39 is 0 Å². The summed E-state index contributed by atoms with van der Waals surface area (Å²) in [6, 6.07) is 12.4. The summed E-state index contributed by atoms with van der Waals surface area (Å²) < 4.78 is 15.5. The highest BCUT2D eigenvalue weighted by molar-refractivity contribution is 7.12. The summed E-state index contributed by atoms with van der Waals surface area (Å²) in [7, 11) is 0. The molecule has 14 heteroatoms. The number of imidazole rings is 1. The SMILES string of the molecule is CCc1nc2ccc(-c3cnc(N4CCC(NC(=O)C5CNC5)CC4)nc3)cn2c1NCc1nc(-c2ccc(F)cc2)c(C#N)s1.Cl. The maximum Gasteiger partial charge on any atom is 0.225 e. The minimum Gasteiger partial charge on any atom is -0.363 e. The molecular weight excluding hydrogens is 639 g/mol. The van der Waals surface area contributed by atoms with Crippen LogP contribution in [-0.2, 0) is 17.8 Å². The van der Waals surface area contributed by atoms with Crippen LogP contribution in [0.15, 0.2) is 55.0 Å². The zero-order chi connectivity index (χ0) is 31.6. The number of aryl methyl sites for hydroxylation is 1. The Morgan fingerprint density at radius 3 is 2.45 bits per heavy atom. The molecule has 47 heavy (non-hydrogen) atoms. The van der Waals surface area contributed by atoms with Gasteiger partial charge in [0.2, 0.25) is 11.9 Å². The molecule has 0 spiro atoms. The van der Waals surface area contributed by atoms with Crippen LogP contribution in [0.3, 0.4) is 0 Å². The lowest BCUT2D eigenvalue weighted by Gasteiger charge is -2.34. The molecule has 2 aliphatic heterocycles. The number of fused-ring (bicyclic) bond motifs is 1. The van der Waals surface area contributed by atoms with Gasteiger partial charge in [0.05, 0.1) is 23.9 Å². The number of nitrogens with zero attached hydrogens (tertiary/aromatic N) is 7. The maximum absolute atomic E-state index is 13.4. The number of halogens is 2. The second-order valence-electron chi connectivity index (χ2n) is 11.6. The number of nitrogens with one attached hydrogen (secondary N) is 3. The fourth-order valence-electron chi connectivity index (χ4n) is 5.83. The van der Waals surface area contributed by atoms with Crippen LogP contribution in [0.2, 0.25) is 0 Å². The molecule has 4 aromatic heterocycles. The number of carbonyl (C=O) groups excluding carboxylic acids is 1. The number of rotatable bonds is 9. The highest BCUT2D eigenvalue weighted by Gasteiger charge is 2.28. The summed E-state index contributed by atoms with van der Waals surface area (Å²) in [5, 5.41) is 20.3. The third-order valence-corrected chi connectivity index (χ3v) is 9.53. The predicted octanol–water partition coefficient (Wildman–Crippen LogP) is 4.83. The Morgan fingerprint density at radius 1 is 1.06 bits per heavy atom. The van der Waals surface area contributed by atoms with Crippen LogP contribution in [0.25, 0.3) is 28.0 Å².